The molecule has 0 bridgehead atoms. The summed E-state index contributed by atoms with van der Waals surface area (Å²) in [7, 11) is 0. The van der Waals surface area contributed by atoms with Crippen LogP contribution in [0.5, 0.6) is 0 Å². The highest BCUT2D eigenvalue weighted by Crippen LogP contribution is 2.25. The summed E-state index contributed by atoms with van der Waals surface area (Å²) in [6.07, 6.45) is 0.778. The Morgan fingerprint density at radius 3 is 3.12 bits per heavy atom. The largest absolute Gasteiger partial charge is 0.396 e. The predicted octanol–water partition coefficient (Wildman–Crippen LogP) is 1.70. The maximum Gasteiger partial charge on any atom is 0.223 e. The van der Waals surface area contributed by atoms with Gasteiger partial charge in [-0.15, -0.1) is 11.3 Å². The molecule has 0 aliphatic heterocycles. The first kappa shape index (κ1) is 12.1. The summed E-state index contributed by atoms with van der Waals surface area (Å²) < 4.78 is 0. The monoisotopic (exact) mass is 252 g/mol. The lowest BCUT2D eigenvalue weighted by Gasteiger charge is -2.12. The van der Waals surface area contributed by atoms with Crippen molar-refractivity contribution in [2.24, 2.45) is 5.92 Å². The van der Waals surface area contributed by atoms with Crippen LogP contribution in [0.3, 0.4) is 0 Å². The fourth-order valence-corrected chi connectivity index (χ4v) is 2.37. The van der Waals surface area contributed by atoms with Crippen LogP contribution in [-0.2, 0) is 0 Å². The molecule has 4 N–H and O–H groups in total. The molecule has 5 nitrogen and oxygen atoms in total. The van der Waals surface area contributed by atoms with E-state index in [4.69, 9.17) is 10.8 Å². The second-order valence-corrected chi connectivity index (χ2v) is 4.96. The molecule has 0 fully saturated rings. The first-order chi connectivity index (χ1) is 8.20. The van der Waals surface area contributed by atoms with E-state index in [0.717, 1.165) is 29.0 Å². The molecule has 1 atom stereocenters. The number of hydrogen-bond donors (Lipinski definition) is 3. The molecule has 17 heavy (non-hydrogen) atoms. The highest BCUT2D eigenvalue weighted by molar-refractivity contribution is 7.16. The van der Waals surface area contributed by atoms with Crippen LogP contribution in [0.1, 0.15) is 13.3 Å². The van der Waals surface area contributed by atoms with E-state index in [2.05, 4.69) is 22.2 Å². The van der Waals surface area contributed by atoms with E-state index < -0.39 is 0 Å². The highest BCUT2D eigenvalue weighted by atomic mass is 32.1. The van der Waals surface area contributed by atoms with Gasteiger partial charge >= 0.3 is 0 Å². The second-order valence-electron chi connectivity index (χ2n) is 4.07. The van der Waals surface area contributed by atoms with E-state index in [-0.39, 0.29) is 12.6 Å². The van der Waals surface area contributed by atoms with Gasteiger partial charge in [0.1, 0.15) is 10.6 Å². The minimum absolute atomic E-state index is 0.211. The van der Waals surface area contributed by atoms with Gasteiger partial charge in [-0.3, -0.25) is 0 Å². The molecule has 2 aromatic rings. The standard InChI is InChI=1S/C11H16N4OS/c1-7(2-4-16)6-13-9-8-3-5-17-10(8)15-11(12)14-9/h3,5,7,16H,2,4,6H2,1H3,(H3,12,13,14,15). The lowest BCUT2D eigenvalue weighted by atomic mass is 10.1. The Bertz CT molecular complexity index is 499. The van der Waals surface area contributed by atoms with E-state index in [1.54, 1.807) is 11.3 Å². The molecular formula is C11H16N4OS. The summed E-state index contributed by atoms with van der Waals surface area (Å²) in [4.78, 5) is 9.27. The summed E-state index contributed by atoms with van der Waals surface area (Å²) in [6.45, 7) is 3.06. The van der Waals surface area contributed by atoms with Crippen LogP contribution < -0.4 is 11.1 Å². The van der Waals surface area contributed by atoms with E-state index in [9.17, 15) is 0 Å². The quantitative estimate of drug-likeness (QED) is 0.754. The molecule has 92 valence electrons. The molecule has 6 heteroatoms. The van der Waals surface area contributed by atoms with Crippen LogP contribution in [-0.4, -0.2) is 28.2 Å². The molecule has 2 rings (SSSR count). The van der Waals surface area contributed by atoms with Crippen molar-refractivity contribution in [3.63, 3.8) is 0 Å². The van der Waals surface area contributed by atoms with Crippen molar-refractivity contribution in [3.05, 3.63) is 11.4 Å². The maximum absolute atomic E-state index is 8.84. The molecule has 0 amide bonds. The number of aliphatic hydroxyl groups excluding tert-OH is 1. The number of thiophene rings is 1. The normalized spacial score (nSPS) is 12.8. The van der Waals surface area contributed by atoms with Crippen LogP contribution in [0, 0.1) is 5.92 Å². The van der Waals surface area contributed by atoms with E-state index >= 15 is 0 Å². The van der Waals surface area contributed by atoms with Crippen molar-refractivity contribution in [1.29, 1.82) is 0 Å². The molecule has 2 aromatic heterocycles. The molecule has 0 aromatic carbocycles. The number of nitrogens with two attached hydrogens (primary N) is 1. The van der Waals surface area contributed by atoms with Gasteiger partial charge in [0.15, 0.2) is 0 Å². The Morgan fingerprint density at radius 2 is 2.35 bits per heavy atom. The Labute approximate surface area is 104 Å². The summed E-state index contributed by atoms with van der Waals surface area (Å²) >= 11 is 1.55. The van der Waals surface area contributed by atoms with Crippen LogP contribution in [0.2, 0.25) is 0 Å². The number of aromatic nitrogens is 2. The zero-order chi connectivity index (χ0) is 12.3. The number of hydrogen-bond acceptors (Lipinski definition) is 6. The van der Waals surface area contributed by atoms with Crippen molar-refractivity contribution in [2.75, 3.05) is 24.2 Å². The maximum atomic E-state index is 8.84. The smallest absolute Gasteiger partial charge is 0.223 e. The predicted molar refractivity (Wildman–Crippen MR) is 71.2 cm³/mol. The zero-order valence-corrected chi connectivity index (χ0v) is 10.5. The minimum Gasteiger partial charge on any atom is -0.396 e. The number of rotatable bonds is 5. The van der Waals surface area contributed by atoms with Gasteiger partial charge in [-0.05, 0) is 23.8 Å². The zero-order valence-electron chi connectivity index (χ0n) is 9.68. The van der Waals surface area contributed by atoms with E-state index in [0.29, 0.717) is 5.92 Å². The molecule has 0 spiro atoms. The third-order valence-corrected chi connectivity index (χ3v) is 3.39. The number of fused-ring (bicyclic) bond motifs is 1. The van der Waals surface area contributed by atoms with Gasteiger partial charge in [0.25, 0.3) is 0 Å². The summed E-state index contributed by atoms with van der Waals surface area (Å²) in [5.74, 6) is 1.46. The van der Waals surface area contributed by atoms with E-state index in [1.807, 2.05) is 11.4 Å². The highest BCUT2D eigenvalue weighted by Gasteiger charge is 2.08. The fourth-order valence-electron chi connectivity index (χ4n) is 1.60. The van der Waals surface area contributed by atoms with Crippen LogP contribution >= 0.6 is 11.3 Å². The minimum atomic E-state index is 0.211. The number of nitrogen functional groups attached to an aromatic ring is 1. The Hall–Kier alpha value is -1.40. The first-order valence-corrected chi connectivity index (χ1v) is 6.44. The van der Waals surface area contributed by atoms with Crippen LogP contribution in [0.15, 0.2) is 11.4 Å². The molecule has 2 heterocycles. The number of aliphatic hydroxyl groups is 1. The lowest BCUT2D eigenvalue weighted by Crippen LogP contribution is -2.14. The third kappa shape index (κ3) is 2.83. The topological polar surface area (TPSA) is 84.1 Å². The molecule has 0 saturated carbocycles. The van der Waals surface area contributed by atoms with Crippen molar-refractivity contribution >= 4 is 33.3 Å². The average molecular weight is 252 g/mol. The molecule has 0 aliphatic carbocycles. The first-order valence-electron chi connectivity index (χ1n) is 5.56. The van der Waals surface area contributed by atoms with Gasteiger partial charge < -0.3 is 16.2 Å². The van der Waals surface area contributed by atoms with E-state index in [1.165, 1.54) is 0 Å². The third-order valence-electron chi connectivity index (χ3n) is 2.58. The Kier molecular flexibility index (Phi) is 3.75. The molecule has 0 radical (unpaired) electrons. The SMILES string of the molecule is CC(CCO)CNc1nc(N)nc2sccc12. The summed E-state index contributed by atoms with van der Waals surface area (Å²) in [5.41, 5.74) is 5.65. The number of nitrogens with zero attached hydrogens (tertiary/aromatic N) is 2. The average Bonchev–Trinajstić information content (AvgIpc) is 2.74. The van der Waals surface area contributed by atoms with Gasteiger partial charge in [-0.1, -0.05) is 6.92 Å². The van der Waals surface area contributed by atoms with Crippen molar-refractivity contribution in [3.8, 4) is 0 Å². The summed E-state index contributed by atoms with van der Waals surface area (Å²) in [5, 5.41) is 15.1. The number of anilines is 2. The summed E-state index contributed by atoms with van der Waals surface area (Å²) in [6, 6.07) is 1.98. The van der Waals surface area contributed by atoms with Crippen molar-refractivity contribution in [2.45, 2.75) is 13.3 Å². The Balaban J connectivity index is 2.14. The van der Waals surface area contributed by atoms with Crippen molar-refractivity contribution in [1.82, 2.24) is 9.97 Å². The van der Waals surface area contributed by atoms with Crippen LogP contribution in [0.25, 0.3) is 10.2 Å². The van der Waals surface area contributed by atoms with Gasteiger partial charge in [-0.25, -0.2) is 4.98 Å². The Morgan fingerprint density at radius 1 is 1.53 bits per heavy atom. The van der Waals surface area contributed by atoms with Crippen molar-refractivity contribution < 1.29 is 5.11 Å². The van der Waals surface area contributed by atoms with Gasteiger partial charge in [0.05, 0.1) is 5.39 Å². The second kappa shape index (κ2) is 5.29. The van der Waals surface area contributed by atoms with Crippen LogP contribution in [0.4, 0.5) is 11.8 Å². The lowest BCUT2D eigenvalue weighted by molar-refractivity contribution is 0.266. The molecular weight excluding hydrogens is 236 g/mol. The van der Waals surface area contributed by atoms with Gasteiger partial charge in [-0.2, -0.15) is 4.98 Å². The molecule has 1 unspecified atom stereocenters. The number of nitrogens with one attached hydrogen (secondary N) is 1. The molecule has 0 saturated heterocycles. The van der Waals surface area contributed by atoms with Gasteiger partial charge in [0.2, 0.25) is 5.95 Å². The van der Waals surface area contributed by atoms with Gasteiger partial charge in [0, 0.05) is 13.2 Å². The fraction of sp³-hybridized carbons (Fsp3) is 0.455. The molecule has 0 aliphatic rings.